The van der Waals surface area contributed by atoms with Crippen molar-refractivity contribution in [2.45, 2.75) is 59.0 Å². The second-order valence-corrected chi connectivity index (χ2v) is 14.1. The van der Waals surface area contributed by atoms with Crippen LogP contribution in [0, 0.1) is 0 Å². The number of amides is 1. The number of hydrogen-bond donors (Lipinski definition) is 2. The number of hydrogen-bond acceptors (Lipinski definition) is 11. The first-order valence-corrected chi connectivity index (χ1v) is 18.5. The molecular formula is C43H39N9O4. The number of pyridine rings is 6. The number of rotatable bonds is 6. The number of carbonyl (C=O) groups is 3. The summed E-state index contributed by atoms with van der Waals surface area (Å²) >= 11 is 0. The lowest BCUT2D eigenvalue weighted by molar-refractivity contribution is -0.118. The van der Waals surface area contributed by atoms with Crippen molar-refractivity contribution in [1.82, 2.24) is 45.0 Å². The van der Waals surface area contributed by atoms with Gasteiger partial charge >= 0.3 is 5.97 Å². The van der Waals surface area contributed by atoms with Crippen LogP contribution < -0.4 is 5.32 Å². The number of Topliss-reactive ketones (excluding diaryl/α,β-unsaturated/α-hetero) is 1. The molecule has 9 rings (SSSR count). The van der Waals surface area contributed by atoms with E-state index in [0.29, 0.717) is 74.0 Å². The van der Waals surface area contributed by atoms with Crippen LogP contribution in [0.4, 0.5) is 0 Å². The monoisotopic (exact) mass is 745 g/mol. The van der Waals surface area contributed by atoms with E-state index >= 15 is 0 Å². The van der Waals surface area contributed by atoms with Gasteiger partial charge in [0.1, 0.15) is 0 Å². The summed E-state index contributed by atoms with van der Waals surface area (Å²) in [6.07, 6.45) is 0.660. The van der Waals surface area contributed by atoms with Gasteiger partial charge in [0.05, 0.1) is 73.9 Å². The number of aromatic nitrogens is 6. The van der Waals surface area contributed by atoms with Crippen LogP contribution in [-0.2, 0) is 44.1 Å². The lowest BCUT2D eigenvalue weighted by Gasteiger charge is -2.24. The van der Waals surface area contributed by atoms with Crippen molar-refractivity contribution in [3.8, 4) is 34.2 Å². The molecule has 2 N–H and O–H groups in total. The van der Waals surface area contributed by atoms with Gasteiger partial charge in [0.25, 0.3) is 0 Å². The summed E-state index contributed by atoms with van der Waals surface area (Å²) in [5, 5.41) is 13.0. The molecule has 0 fully saturated rings. The number of nitrogens with one attached hydrogen (secondary N) is 1. The molecule has 0 atom stereocenters. The quantitative estimate of drug-likeness (QED) is 0.154. The summed E-state index contributed by atoms with van der Waals surface area (Å²) in [6.45, 7) is 4.03. The maximum Gasteiger partial charge on any atom is 0.335 e. The molecule has 56 heavy (non-hydrogen) atoms. The van der Waals surface area contributed by atoms with Crippen molar-refractivity contribution >= 4 is 17.7 Å². The first-order valence-electron chi connectivity index (χ1n) is 18.5. The maximum absolute atomic E-state index is 13.8. The average molecular weight is 746 g/mol. The highest BCUT2D eigenvalue weighted by Crippen LogP contribution is 2.26. The fraction of sp³-hybridized carbons (Fsp3) is 0.233. The van der Waals surface area contributed by atoms with Gasteiger partial charge in [0.15, 0.2) is 5.78 Å². The fourth-order valence-electron chi connectivity index (χ4n) is 7.09. The smallest absolute Gasteiger partial charge is 0.335 e. The largest absolute Gasteiger partial charge is 0.478 e. The normalized spacial score (nSPS) is 16.0. The van der Waals surface area contributed by atoms with Gasteiger partial charge in [0.2, 0.25) is 5.91 Å². The number of carboxylic acid groups (broad SMARTS) is 1. The molecule has 9 heterocycles. The predicted molar refractivity (Wildman–Crippen MR) is 208 cm³/mol. The highest BCUT2D eigenvalue weighted by atomic mass is 16.4. The summed E-state index contributed by atoms with van der Waals surface area (Å²) in [4.78, 5) is 72.3. The number of ketones is 1. The van der Waals surface area contributed by atoms with Gasteiger partial charge in [0, 0.05) is 64.7 Å². The molecule has 0 radical (unpaired) electrons. The highest BCUT2D eigenvalue weighted by molar-refractivity contribution is 5.97. The lowest BCUT2D eigenvalue weighted by Crippen LogP contribution is -2.25. The topological polar surface area (TPSA) is 167 Å². The van der Waals surface area contributed by atoms with Gasteiger partial charge in [-0.15, -0.1) is 0 Å². The minimum absolute atomic E-state index is 0.0557. The Morgan fingerprint density at radius 1 is 0.536 bits per heavy atom. The molecule has 3 aliphatic rings. The van der Waals surface area contributed by atoms with E-state index in [1.165, 1.54) is 13.0 Å². The number of aromatic carboxylic acids is 1. The second-order valence-electron chi connectivity index (χ2n) is 14.1. The summed E-state index contributed by atoms with van der Waals surface area (Å²) in [6, 6.07) is 30.2. The number of nitrogens with zero attached hydrogens (tertiary/aromatic N) is 8. The van der Waals surface area contributed by atoms with Crippen molar-refractivity contribution in [3.05, 3.63) is 142 Å². The summed E-state index contributed by atoms with van der Waals surface area (Å²) in [5.41, 5.74) is 8.48. The number of carboxylic acids is 1. The van der Waals surface area contributed by atoms with E-state index in [1.807, 2.05) is 72.8 Å². The van der Waals surface area contributed by atoms with E-state index in [0.717, 1.165) is 45.6 Å². The van der Waals surface area contributed by atoms with Crippen LogP contribution >= 0.6 is 0 Å². The molecule has 14 bridgehead atoms. The third-order valence-corrected chi connectivity index (χ3v) is 9.61. The Bertz CT molecular complexity index is 2380. The molecule has 0 aliphatic carbocycles. The van der Waals surface area contributed by atoms with Gasteiger partial charge in [-0.2, -0.15) is 0 Å². The van der Waals surface area contributed by atoms with Crippen molar-refractivity contribution in [2.75, 3.05) is 6.54 Å². The third-order valence-electron chi connectivity index (χ3n) is 9.61. The standard InChI is InChI=1S/C43H39N9O4/c1-27(53)44-16-6-15-42(54)28-17-34-25-51-21-30-7-2-11-36(45-30)38-13-4-9-32(47-38)23-52(26-35-18-29(43(55)56)20-41(50-35)40(19-28)49-34)24-33-10-5-14-39(48-33)37-12-3-8-31(22-51)46-37/h2-5,7-14,17-20H,6,15-16,21-26H2,1H3,(H,44,53)(H,55,56). The van der Waals surface area contributed by atoms with Crippen LogP contribution in [0.1, 0.15) is 74.6 Å². The van der Waals surface area contributed by atoms with Gasteiger partial charge in [-0.05, 0) is 79.2 Å². The Labute approximate surface area is 323 Å². The van der Waals surface area contributed by atoms with E-state index in [2.05, 4.69) is 15.1 Å². The fourth-order valence-corrected chi connectivity index (χ4v) is 7.09. The first-order chi connectivity index (χ1) is 27.2. The van der Waals surface area contributed by atoms with Crippen molar-refractivity contribution < 1.29 is 19.5 Å². The van der Waals surface area contributed by atoms with Crippen molar-refractivity contribution in [2.24, 2.45) is 0 Å². The molecule has 1 amide bonds. The van der Waals surface area contributed by atoms with E-state index in [1.54, 1.807) is 18.2 Å². The van der Waals surface area contributed by atoms with Crippen LogP contribution in [-0.4, -0.2) is 69.0 Å². The zero-order valence-corrected chi connectivity index (χ0v) is 30.9. The van der Waals surface area contributed by atoms with Crippen LogP contribution in [0.3, 0.4) is 0 Å². The molecule has 0 aromatic carbocycles. The molecule has 0 spiro atoms. The van der Waals surface area contributed by atoms with Gasteiger partial charge in [-0.25, -0.2) is 34.7 Å². The van der Waals surface area contributed by atoms with Gasteiger partial charge in [-0.1, -0.05) is 24.3 Å². The SMILES string of the molecule is CC(=O)NCCCC(=O)c1cc2nc(c1)-c1cc(C(=O)O)cc(n1)CN1Cc3cccc(n3)-c3cccc(n3)CN(Cc3cccc(n3)-c3cccc(n3)C1)C2. The average Bonchev–Trinajstić information content (AvgIpc) is 3.19. The first kappa shape index (κ1) is 36.4. The summed E-state index contributed by atoms with van der Waals surface area (Å²) < 4.78 is 0. The summed E-state index contributed by atoms with van der Waals surface area (Å²) in [7, 11) is 0. The Morgan fingerprint density at radius 3 is 1.32 bits per heavy atom. The highest BCUT2D eigenvalue weighted by Gasteiger charge is 2.21. The van der Waals surface area contributed by atoms with E-state index in [9.17, 15) is 19.5 Å². The van der Waals surface area contributed by atoms with Crippen molar-refractivity contribution in [1.29, 1.82) is 0 Å². The molecule has 3 aliphatic heterocycles. The van der Waals surface area contributed by atoms with Crippen LogP contribution in [0.25, 0.3) is 34.2 Å². The van der Waals surface area contributed by atoms with E-state index in [4.69, 9.17) is 29.9 Å². The van der Waals surface area contributed by atoms with Crippen LogP contribution in [0.15, 0.2) is 97.1 Å². The molecule has 0 unspecified atom stereocenters. The maximum atomic E-state index is 13.8. The Hall–Kier alpha value is -6.57. The second kappa shape index (κ2) is 16.0. The molecular weight excluding hydrogens is 707 g/mol. The molecule has 280 valence electrons. The lowest BCUT2D eigenvalue weighted by atomic mass is 10.0. The molecule has 0 saturated carbocycles. The molecule has 6 aromatic heterocycles. The van der Waals surface area contributed by atoms with Gasteiger partial charge in [-0.3, -0.25) is 19.4 Å². The minimum atomic E-state index is -1.10. The molecule has 0 saturated heterocycles. The van der Waals surface area contributed by atoms with E-state index in [-0.39, 0.29) is 30.2 Å². The number of carbonyl (C=O) groups excluding carboxylic acids is 2. The Kier molecular flexibility index (Phi) is 10.4. The van der Waals surface area contributed by atoms with E-state index < -0.39 is 5.97 Å². The minimum Gasteiger partial charge on any atom is -0.478 e. The third kappa shape index (κ3) is 8.70. The molecule has 6 aromatic rings. The summed E-state index contributed by atoms with van der Waals surface area (Å²) in [5.74, 6) is -1.38. The molecule has 13 nitrogen and oxygen atoms in total. The van der Waals surface area contributed by atoms with Crippen LogP contribution in [0.2, 0.25) is 0 Å². The molecule has 13 heteroatoms. The van der Waals surface area contributed by atoms with Crippen molar-refractivity contribution in [3.63, 3.8) is 0 Å². The van der Waals surface area contributed by atoms with Crippen LogP contribution in [0.5, 0.6) is 0 Å². The zero-order chi connectivity index (χ0) is 38.6. The van der Waals surface area contributed by atoms with Gasteiger partial charge < -0.3 is 10.4 Å². The Balaban J connectivity index is 1.33. The Morgan fingerprint density at radius 2 is 0.911 bits per heavy atom. The zero-order valence-electron chi connectivity index (χ0n) is 30.9. The predicted octanol–water partition coefficient (Wildman–Crippen LogP) is 5.89.